The monoisotopic (exact) mass is 282 g/mol. The standard InChI is InChI=1S/C17H18N2O2/c1-11-9-16(20)19-15-10-13(7-8-14(11)15)18-17(21)12-5-3-2-4-6-12/h2-3,7-10,12,14H,4-6H2,1H3,(H,19,20). The molecule has 4 heteroatoms. The molecule has 0 saturated carbocycles. The van der Waals surface area contributed by atoms with Crippen LogP contribution in [0.3, 0.4) is 0 Å². The van der Waals surface area contributed by atoms with Crippen LogP contribution in [0.1, 0.15) is 26.2 Å². The lowest BCUT2D eigenvalue weighted by molar-refractivity contribution is -0.121. The van der Waals surface area contributed by atoms with Crippen LogP contribution in [-0.2, 0) is 9.59 Å². The van der Waals surface area contributed by atoms with E-state index < -0.39 is 0 Å². The van der Waals surface area contributed by atoms with E-state index in [1.54, 1.807) is 12.2 Å². The van der Waals surface area contributed by atoms with Gasteiger partial charge in [0.15, 0.2) is 0 Å². The van der Waals surface area contributed by atoms with Gasteiger partial charge in [-0.15, -0.1) is 0 Å². The van der Waals surface area contributed by atoms with Gasteiger partial charge < -0.3 is 5.32 Å². The number of fused-ring (bicyclic) bond motifs is 1. The van der Waals surface area contributed by atoms with Crippen LogP contribution in [0.25, 0.3) is 0 Å². The first-order valence-corrected chi connectivity index (χ1v) is 7.30. The summed E-state index contributed by atoms with van der Waals surface area (Å²) < 4.78 is 0. The summed E-state index contributed by atoms with van der Waals surface area (Å²) in [7, 11) is 0. The lowest BCUT2D eigenvalue weighted by Gasteiger charge is -2.25. The number of aliphatic imine (C=N–C) groups is 1. The summed E-state index contributed by atoms with van der Waals surface area (Å²) in [5, 5.41) is 2.82. The molecule has 0 saturated heterocycles. The highest BCUT2D eigenvalue weighted by atomic mass is 16.2. The Morgan fingerprint density at radius 1 is 1.33 bits per heavy atom. The molecule has 2 amide bonds. The number of hydrogen-bond donors (Lipinski definition) is 1. The van der Waals surface area contributed by atoms with Crippen molar-refractivity contribution in [3.05, 3.63) is 47.7 Å². The largest absolute Gasteiger partial charge is 0.325 e. The topological polar surface area (TPSA) is 58.5 Å². The van der Waals surface area contributed by atoms with E-state index in [2.05, 4.69) is 16.4 Å². The van der Waals surface area contributed by atoms with E-state index in [-0.39, 0.29) is 23.7 Å². The van der Waals surface area contributed by atoms with Gasteiger partial charge in [0, 0.05) is 23.6 Å². The van der Waals surface area contributed by atoms with E-state index in [0.717, 1.165) is 30.5 Å². The van der Waals surface area contributed by atoms with Gasteiger partial charge in [-0.05, 0) is 38.3 Å². The van der Waals surface area contributed by atoms with Crippen molar-refractivity contribution in [1.82, 2.24) is 5.32 Å². The van der Waals surface area contributed by atoms with Crippen LogP contribution in [0.5, 0.6) is 0 Å². The number of nitrogens with one attached hydrogen (secondary N) is 1. The zero-order chi connectivity index (χ0) is 14.8. The average molecular weight is 282 g/mol. The van der Waals surface area contributed by atoms with Crippen molar-refractivity contribution in [2.75, 3.05) is 0 Å². The van der Waals surface area contributed by atoms with Gasteiger partial charge in [-0.25, -0.2) is 4.99 Å². The maximum Gasteiger partial charge on any atom is 0.249 e. The summed E-state index contributed by atoms with van der Waals surface area (Å²) in [6.07, 6.45) is 14.0. The predicted octanol–water partition coefficient (Wildman–Crippen LogP) is 2.46. The summed E-state index contributed by atoms with van der Waals surface area (Å²) in [6.45, 7) is 1.93. The van der Waals surface area contributed by atoms with Gasteiger partial charge in [0.1, 0.15) is 0 Å². The molecule has 1 N–H and O–H groups in total. The molecule has 3 rings (SSSR count). The van der Waals surface area contributed by atoms with Crippen molar-refractivity contribution >= 4 is 17.5 Å². The van der Waals surface area contributed by atoms with E-state index in [1.807, 2.05) is 25.2 Å². The first-order valence-electron chi connectivity index (χ1n) is 7.30. The van der Waals surface area contributed by atoms with E-state index in [4.69, 9.17) is 0 Å². The summed E-state index contributed by atoms with van der Waals surface area (Å²) >= 11 is 0. The highest BCUT2D eigenvalue weighted by Gasteiger charge is 2.24. The van der Waals surface area contributed by atoms with Crippen LogP contribution in [0.2, 0.25) is 0 Å². The van der Waals surface area contributed by atoms with E-state index in [0.29, 0.717) is 5.71 Å². The molecule has 0 fully saturated rings. The van der Waals surface area contributed by atoms with Crippen LogP contribution in [0, 0.1) is 11.8 Å². The normalized spacial score (nSPS) is 29.6. The maximum absolute atomic E-state index is 12.2. The summed E-state index contributed by atoms with van der Waals surface area (Å²) in [5.74, 6) is -0.0962. The average Bonchev–Trinajstić information content (AvgIpc) is 2.47. The number of carbonyl (C=O) groups excluding carboxylic acids is 2. The molecule has 0 aromatic rings. The first kappa shape index (κ1) is 13.7. The smallest absolute Gasteiger partial charge is 0.249 e. The molecular formula is C17H18N2O2. The fourth-order valence-electron chi connectivity index (χ4n) is 2.89. The molecule has 0 aromatic heterocycles. The Kier molecular flexibility index (Phi) is 3.69. The second-order valence-corrected chi connectivity index (χ2v) is 5.67. The number of rotatable bonds is 1. The second kappa shape index (κ2) is 5.64. The van der Waals surface area contributed by atoms with Gasteiger partial charge in [-0.3, -0.25) is 9.59 Å². The molecule has 2 unspecified atom stereocenters. The number of allylic oxidation sites excluding steroid dienone is 5. The highest BCUT2D eigenvalue weighted by molar-refractivity contribution is 6.11. The Balaban J connectivity index is 1.79. The minimum Gasteiger partial charge on any atom is -0.325 e. The first-order chi connectivity index (χ1) is 10.1. The van der Waals surface area contributed by atoms with Gasteiger partial charge in [-0.1, -0.05) is 23.8 Å². The van der Waals surface area contributed by atoms with Gasteiger partial charge in [0.2, 0.25) is 11.8 Å². The molecule has 2 atom stereocenters. The fourth-order valence-corrected chi connectivity index (χ4v) is 2.89. The molecule has 4 nitrogen and oxygen atoms in total. The molecule has 3 aliphatic rings. The minimum absolute atomic E-state index is 0.00500. The third-order valence-corrected chi connectivity index (χ3v) is 4.07. The number of nitrogens with zero attached hydrogens (tertiary/aromatic N) is 1. The number of hydrogen-bond acceptors (Lipinski definition) is 2. The third-order valence-electron chi connectivity index (χ3n) is 4.07. The maximum atomic E-state index is 12.2. The van der Waals surface area contributed by atoms with Crippen LogP contribution in [-0.4, -0.2) is 17.5 Å². The molecule has 0 radical (unpaired) electrons. The number of amides is 2. The summed E-state index contributed by atoms with van der Waals surface area (Å²) in [6, 6.07) is 0. The molecule has 0 spiro atoms. The Labute approximate surface area is 124 Å². The second-order valence-electron chi connectivity index (χ2n) is 5.67. The molecule has 0 bridgehead atoms. The van der Waals surface area contributed by atoms with Crippen molar-refractivity contribution < 1.29 is 9.59 Å². The minimum atomic E-state index is -0.117. The van der Waals surface area contributed by atoms with Crippen molar-refractivity contribution in [1.29, 1.82) is 0 Å². The van der Waals surface area contributed by atoms with Crippen LogP contribution < -0.4 is 5.32 Å². The Morgan fingerprint density at radius 2 is 2.19 bits per heavy atom. The van der Waals surface area contributed by atoms with Gasteiger partial charge in [0.25, 0.3) is 0 Å². The molecule has 2 aliphatic carbocycles. The van der Waals surface area contributed by atoms with Crippen LogP contribution in [0.15, 0.2) is 52.7 Å². The Hall–Kier alpha value is -2.23. The number of carbonyl (C=O) groups is 2. The van der Waals surface area contributed by atoms with Crippen LogP contribution >= 0.6 is 0 Å². The van der Waals surface area contributed by atoms with Crippen molar-refractivity contribution in [3.8, 4) is 0 Å². The predicted molar refractivity (Wildman–Crippen MR) is 81.5 cm³/mol. The quantitative estimate of drug-likeness (QED) is 0.751. The van der Waals surface area contributed by atoms with E-state index in [1.165, 1.54) is 0 Å². The van der Waals surface area contributed by atoms with Crippen molar-refractivity contribution in [2.24, 2.45) is 16.8 Å². The zero-order valence-electron chi connectivity index (χ0n) is 12.0. The van der Waals surface area contributed by atoms with Crippen LogP contribution in [0.4, 0.5) is 0 Å². The third kappa shape index (κ3) is 2.94. The molecule has 108 valence electrons. The molecule has 1 aliphatic heterocycles. The SMILES string of the molecule is CC1=CC(=O)NC2=CC(=NC(=O)C3CC=CCC3)C=CC12. The van der Waals surface area contributed by atoms with Gasteiger partial charge >= 0.3 is 0 Å². The van der Waals surface area contributed by atoms with Gasteiger partial charge in [-0.2, -0.15) is 0 Å². The molecule has 21 heavy (non-hydrogen) atoms. The lowest BCUT2D eigenvalue weighted by Crippen LogP contribution is -2.32. The Bertz CT molecular complexity index is 635. The zero-order valence-corrected chi connectivity index (χ0v) is 12.0. The van der Waals surface area contributed by atoms with Gasteiger partial charge in [0.05, 0.1) is 5.71 Å². The van der Waals surface area contributed by atoms with Crippen molar-refractivity contribution in [2.45, 2.75) is 26.2 Å². The van der Waals surface area contributed by atoms with E-state index >= 15 is 0 Å². The molecule has 1 heterocycles. The molecular weight excluding hydrogens is 264 g/mol. The molecule has 0 aromatic carbocycles. The Morgan fingerprint density at radius 3 is 2.95 bits per heavy atom. The van der Waals surface area contributed by atoms with Crippen molar-refractivity contribution in [3.63, 3.8) is 0 Å². The highest BCUT2D eigenvalue weighted by Crippen LogP contribution is 2.27. The summed E-state index contributed by atoms with van der Waals surface area (Å²) in [4.78, 5) is 27.9. The van der Waals surface area contributed by atoms with E-state index in [9.17, 15) is 9.59 Å². The lowest BCUT2D eigenvalue weighted by atomic mass is 9.88. The fraction of sp³-hybridized carbons (Fsp3) is 0.353. The summed E-state index contributed by atoms with van der Waals surface area (Å²) in [5.41, 5.74) is 2.43.